The number of unbranched alkanes of at least 4 members (excludes halogenated alkanes) is 1. The fourth-order valence-corrected chi connectivity index (χ4v) is 2.89. The van der Waals surface area contributed by atoms with Crippen LogP contribution in [0.3, 0.4) is 0 Å². The topological polar surface area (TPSA) is 92.2 Å². The van der Waals surface area contributed by atoms with Crippen LogP contribution in [0.1, 0.15) is 40.6 Å². The van der Waals surface area contributed by atoms with Gasteiger partial charge in [0.15, 0.2) is 0 Å². The highest BCUT2D eigenvalue weighted by atomic mass is 35.5. The lowest BCUT2D eigenvalue weighted by atomic mass is 10.1. The summed E-state index contributed by atoms with van der Waals surface area (Å²) in [4.78, 5) is 31.7. The number of nitrogens with zero attached hydrogens (tertiary/aromatic N) is 2. The third kappa shape index (κ3) is 4.94. The molecule has 126 valence electrons. The summed E-state index contributed by atoms with van der Waals surface area (Å²) in [6.07, 6.45) is 5.10. The van der Waals surface area contributed by atoms with Gasteiger partial charge in [0.1, 0.15) is 10.7 Å². The van der Waals surface area contributed by atoms with E-state index >= 15 is 0 Å². The number of carbonyl (C=O) groups excluding carboxylic acids is 1. The molecule has 2 aromatic rings. The summed E-state index contributed by atoms with van der Waals surface area (Å²) in [5.74, 6) is -0.761. The lowest BCUT2D eigenvalue weighted by molar-refractivity contribution is 0.0698. The number of aromatic carboxylic acids is 1. The second kappa shape index (κ2) is 8.65. The molecule has 1 aromatic heterocycles. The molecule has 0 aliphatic carbocycles. The van der Waals surface area contributed by atoms with E-state index in [1.165, 1.54) is 30.6 Å². The molecule has 2 rings (SSSR count). The van der Waals surface area contributed by atoms with Crippen LogP contribution in [0, 0.1) is 0 Å². The third-order valence-corrected chi connectivity index (χ3v) is 4.30. The first-order valence-electron chi connectivity index (χ1n) is 7.30. The van der Waals surface area contributed by atoms with Gasteiger partial charge in [-0.05, 0) is 30.4 Å². The second-order valence-electron chi connectivity index (χ2n) is 4.89. The molecular weight excluding hydrogens is 350 g/mol. The first-order valence-corrected chi connectivity index (χ1v) is 8.66. The summed E-state index contributed by atoms with van der Waals surface area (Å²) >= 11 is 7.36. The number of aromatic nitrogens is 2. The molecule has 1 aromatic carbocycles. The van der Waals surface area contributed by atoms with Crippen molar-refractivity contribution in [3.63, 3.8) is 0 Å². The van der Waals surface area contributed by atoms with Crippen LogP contribution in [0.25, 0.3) is 0 Å². The minimum Gasteiger partial charge on any atom is -0.478 e. The summed E-state index contributed by atoms with van der Waals surface area (Å²) < 4.78 is 0. The van der Waals surface area contributed by atoms with Gasteiger partial charge < -0.3 is 10.4 Å². The summed E-state index contributed by atoms with van der Waals surface area (Å²) in [6.45, 7) is 2.11. The molecule has 0 radical (unpaired) electrons. The van der Waals surface area contributed by atoms with E-state index in [4.69, 9.17) is 11.6 Å². The molecule has 0 atom stereocenters. The van der Waals surface area contributed by atoms with Crippen molar-refractivity contribution in [2.45, 2.75) is 24.8 Å². The predicted molar refractivity (Wildman–Crippen MR) is 94.0 cm³/mol. The zero-order valence-electron chi connectivity index (χ0n) is 13.0. The third-order valence-electron chi connectivity index (χ3n) is 3.07. The molecule has 0 spiro atoms. The lowest BCUT2D eigenvalue weighted by Gasteiger charge is -2.08. The molecule has 24 heavy (non-hydrogen) atoms. The molecule has 0 saturated carbocycles. The highest BCUT2D eigenvalue weighted by molar-refractivity contribution is 7.99. The smallest absolute Gasteiger partial charge is 0.337 e. The highest BCUT2D eigenvalue weighted by Crippen LogP contribution is 2.21. The summed E-state index contributed by atoms with van der Waals surface area (Å²) in [7, 11) is 0. The molecule has 0 bridgehead atoms. The molecule has 0 saturated heterocycles. The van der Waals surface area contributed by atoms with Crippen LogP contribution in [0.5, 0.6) is 0 Å². The number of nitrogens with one attached hydrogen (secondary N) is 1. The Morgan fingerprint density at radius 1 is 1.29 bits per heavy atom. The van der Waals surface area contributed by atoms with Gasteiger partial charge in [0.05, 0.1) is 23.6 Å². The number of halogens is 1. The van der Waals surface area contributed by atoms with Crippen molar-refractivity contribution < 1.29 is 14.7 Å². The molecule has 6 nitrogen and oxygen atoms in total. The van der Waals surface area contributed by atoms with Crippen molar-refractivity contribution in [3.8, 4) is 0 Å². The molecule has 0 fully saturated rings. The largest absolute Gasteiger partial charge is 0.478 e. The van der Waals surface area contributed by atoms with Crippen LogP contribution in [0.2, 0.25) is 5.02 Å². The molecule has 8 heteroatoms. The van der Waals surface area contributed by atoms with Crippen LogP contribution >= 0.6 is 23.4 Å². The van der Waals surface area contributed by atoms with Gasteiger partial charge in [-0.2, -0.15) is 0 Å². The van der Waals surface area contributed by atoms with E-state index in [-0.39, 0.29) is 22.0 Å². The Kier molecular flexibility index (Phi) is 6.57. The van der Waals surface area contributed by atoms with Crippen molar-refractivity contribution in [2.75, 3.05) is 11.1 Å². The number of carboxylic acid groups (broad SMARTS) is 1. The van der Waals surface area contributed by atoms with Gasteiger partial charge in [0.2, 0.25) is 0 Å². The van der Waals surface area contributed by atoms with E-state index in [0.717, 1.165) is 23.6 Å². The molecule has 1 amide bonds. The van der Waals surface area contributed by atoms with Crippen LogP contribution in [-0.2, 0) is 0 Å². The van der Waals surface area contributed by atoms with Gasteiger partial charge in [0, 0.05) is 5.02 Å². The SMILES string of the molecule is CCCCSc1cnc(C(=O)Nc2ccc(Cl)cc2C(=O)O)cn1. The van der Waals surface area contributed by atoms with Gasteiger partial charge in [-0.25, -0.2) is 14.8 Å². The van der Waals surface area contributed by atoms with Gasteiger partial charge in [-0.3, -0.25) is 4.79 Å². The lowest BCUT2D eigenvalue weighted by Crippen LogP contribution is -2.16. The van der Waals surface area contributed by atoms with Crippen LogP contribution in [0.4, 0.5) is 5.69 Å². The summed E-state index contributed by atoms with van der Waals surface area (Å²) in [6, 6.07) is 4.22. The Hall–Kier alpha value is -2.12. The maximum Gasteiger partial charge on any atom is 0.337 e. The number of anilines is 1. The van der Waals surface area contributed by atoms with E-state index in [1.54, 1.807) is 11.8 Å². The Morgan fingerprint density at radius 2 is 2.08 bits per heavy atom. The standard InChI is InChI=1S/C16H16ClN3O3S/c1-2-3-6-24-14-9-18-13(8-19-14)15(21)20-12-5-4-10(17)7-11(12)16(22)23/h4-5,7-9H,2-3,6H2,1H3,(H,20,21)(H,22,23). The quantitative estimate of drug-likeness (QED) is 0.569. The zero-order valence-corrected chi connectivity index (χ0v) is 14.5. The van der Waals surface area contributed by atoms with Crippen molar-refractivity contribution in [2.24, 2.45) is 0 Å². The number of carbonyl (C=O) groups is 2. The number of hydrogen-bond acceptors (Lipinski definition) is 5. The van der Waals surface area contributed by atoms with Gasteiger partial charge in [-0.1, -0.05) is 24.9 Å². The van der Waals surface area contributed by atoms with Gasteiger partial charge >= 0.3 is 5.97 Å². The Morgan fingerprint density at radius 3 is 2.71 bits per heavy atom. The Balaban J connectivity index is 2.09. The van der Waals surface area contributed by atoms with Gasteiger partial charge in [-0.15, -0.1) is 11.8 Å². The first kappa shape index (κ1) is 18.2. The predicted octanol–water partition coefficient (Wildman–Crippen LogP) is 3.97. The van der Waals surface area contributed by atoms with Crippen molar-refractivity contribution in [1.82, 2.24) is 9.97 Å². The van der Waals surface area contributed by atoms with Crippen LogP contribution < -0.4 is 5.32 Å². The average molecular weight is 366 g/mol. The highest BCUT2D eigenvalue weighted by Gasteiger charge is 2.15. The number of benzene rings is 1. The average Bonchev–Trinajstić information content (AvgIpc) is 2.57. The number of amides is 1. The second-order valence-corrected chi connectivity index (χ2v) is 6.44. The number of carboxylic acids is 1. The normalized spacial score (nSPS) is 10.4. The maximum absolute atomic E-state index is 12.2. The maximum atomic E-state index is 12.2. The minimum atomic E-state index is -1.18. The molecule has 2 N–H and O–H groups in total. The molecule has 0 aliphatic rings. The number of rotatable bonds is 7. The van der Waals surface area contributed by atoms with Crippen molar-refractivity contribution in [1.29, 1.82) is 0 Å². The minimum absolute atomic E-state index is 0.0875. The van der Waals surface area contributed by atoms with Crippen LogP contribution in [0.15, 0.2) is 35.6 Å². The first-order chi connectivity index (χ1) is 11.5. The van der Waals surface area contributed by atoms with Gasteiger partial charge in [0.25, 0.3) is 5.91 Å². The number of hydrogen-bond donors (Lipinski definition) is 2. The van der Waals surface area contributed by atoms with E-state index in [1.807, 2.05) is 0 Å². The zero-order chi connectivity index (χ0) is 17.5. The van der Waals surface area contributed by atoms with E-state index in [2.05, 4.69) is 22.2 Å². The Bertz CT molecular complexity index is 738. The Labute approximate surface area is 148 Å². The fourth-order valence-electron chi connectivity index (χ4n) is 1.82. The van der Waals surface area contributed by atoms with Crippen molar-refractivity contribution in [3.05, 3.63) is 46.9 Å². The molecule has 0 unspecified atom stereocenters. The van der Waals surface area contributed by atoms with E-state index < -0.39 is 11.9 Å². The monoisotopic (exact) mass is 365 g/mol. The van der Waals surface area contributed by atoms with E-state index in [0.29, 0.717) is 0 Å². The molecule has 1 heterocycles. The summed E-state index contributed by atoms with van der Waals surface area (Å²) in [5.41, 5.74) is 0.178. The molecule has 0 aliphatic heterocycles. The summed E-state index contributed by atoms with van der Waals surface area (Å²) in [5, 5.41) is 12.7. The van der Waals surface area contributed by atoms with E-state index in [9.17, 15) is 14.7 Å². The number of thioether (sulfide) groups is 1. The van der Waals surface area contributed by atoms with Crippen LogP contribution in [-0.4, -0.2) is 32.7 Å². The molecular formula is C16H16ClN3O3S. The fraction of sp³-hybridized carbons (Fsp3) is 0.250. The van der Waals surface area contributed by atoms with Crippen molar-refractivity contribution >= 4 is 40.9 Å².